The average Bonchev–Trinajstić information content (AvgIpc) is 2.90. The van der Waals surface area contributed by atoms with Crippen molar-refractivity contribution in [3.8, 4) is 0 Å². The number of nitrogens with one attached hydrogen (secondary N) is 1. The number of alkyl halides is 3. The third-order valence-electron chi connectivity index (χ3n) is 4.64. The SMILES string of the molecule is CN(C)C1(C(NN)c2ccccc2C(F)(F)F)CCCC1. The molecule has 0 heterocycles. The Labute approximate surface area is 123 Å². The van der Waals surface area contributed by atoms with Crippen molar-refractivity contribution < 1.29 is 13.2 Å². The van der Waals surface area contributed by atoms with Gasteiger partial charge in [0.1, 0.15) is 0 Å². The van der Waals surface area contributed by atoms with Crippen LogP contribution in [0.1, 0.15) is 42.9 Å². The van der Waals surface area contributed by atoms with Gasteiger partial charge in [-0.05, 0) is 38.6 Å². The third-order valence-corrected chi connectivity index (χ3v) is 4.64. The van der Waals surface area contributed by atoms with Crippen molar-refractivity contribution in [1.82, 2.24) is 10.3 Å². The lowest BCUT2D eigenvalue weighted by Crippen LogP contribution is -2.54. The first-order valence-electron chi connectivity index (χ1n) is 7.12. The summed E-state index contributed by atoms with van der Waals surface area (Å²) in [7, 11) is 3.82. The predicted octanol–water partition coefficient (Wildman–Crippen LogP) is 3.08. The van der Waals surface area contributed by atoms with Crippen molar-refractivity contribution in [1.29, 1.82) is 0 Å². The molecule has 0 amide bonds. The van der Waals surface area contributed by atoms with Gasteiger partial charge in [0.05, 0.1) is 11.6 Å². The van der Waals surface area contributed by atoms with Crippen LogP contribution in [0.25, 0.3) is 0 Å². The number of hydrogen-bond acceptors (Lipinski definition) is 3. The summed E-state index contributed by atoms with van der Waals surface area (Å²) in [5, 5.41) is 0. The molecule has 0 radical (unpaired) electrons. The molecule has 1 fully saturated rings. The predicted molar refractivity (Wildman–Crippen MR) is 76.4 cm³/mol. The van der Waals surface area contributed by atoms with Crippen LogP contribution in [-0.4, -0.2) is 24.5 Å². The summed E-state index contributed by atoms with van der Waals surface area (Å²) >= 11 is 0. The van der Waals surface area contributed by atoms with Gasteiger partial charge in [0.25, 0.3) is 0 Å². The van der Waals surface area contributed by atoms with Crippen molar-refractivity contribution in [3.05, 3.63) is 35.4 Å². The molecule has 3 N–H and O–H groups in total. The van der Waals surface area contributed by atoms with Crippen molar-refractivity contribution in [2.45, 2.75) is 43.4 Å². The molecule has 1 aliphatic rings. The van der Waals surface area contributed by atoms with Crippen LogP contribution in [0.15, 0.2) is 24.3 Å². The molecule has 21 heavy (non-hydrogen) atoms. The normalized spacial score (nSPS) is 20.0. The van der Waals surface area contributed by atoms with Gasteiger partial charge in [-0.2, -0.15) is 13.2 Å². The Morgan fingerprint density at radius 2 is 1.76 bits per heavy atom. The Bertz CT molecular complexity index is 479. The molecular weight excluding hydrogens is 279 g/mol. The summed E-state index contributed by atoms with van der Waals surface area (Å²) in [6.45, 7) is 0. The molecule has 0 bridgehead atoms. The fourth-order valence-corrected chi connectivity index (χ4v) is 3.52. The molecule has 2 rings (SSSR count). The van der Waals surface area contributed by atoms with Crippen molar-refractivity contribution in [2.75, 3.05) is 14.1 Å². The lowest BCUT2D eigenvalue weighted by Gasteiger charge is -2.43. The smallest absolute Gasteiger partial charge is 0.302 e. The number of nitrogens with two attached hydrogens (primary N) is 1. The van der Waals surface area contributed by atoms with Crippen LogP contribution in [-0.2, 0) is 6.18 Å². The maximum atomic E-state index is 13.3. The van der Waals surface area contributed by atoms with Gasteiger partial charge in [-0.1, -0.05) is 31.0 Å². The van der Waals surface area contributed by atoms with Gasteiger partial charge >= 0.3 is 6.18 Å². The van der Waals surface area contributed by atoms with E-state index in [-0.39, 0.29) is 11.1 Å². The summed E-state index contributed by atoms with van der Waals surface area (Å²) in [6, 6.07) is 5.15. The lowest BCUT2D eigenvalue weighted by atomic mass is 9.81. The van der Waals surface area contributed by atoms with Crippen LogP contribution in [0, 0.1) is 0 Å². The van der Waals surface area contributed by atoms with Crippen molar-refractivity contribution in [3.63, 3.8) is 0 Å². The molecule has 6 heteroatoms. The van der Waals surface area contributed by atoms with Crippen molar-refractivity contribution in [2.24, 2.45) is 5.84 Å². The highest BCUT2D eigenvalue weighted by Crippen LogP contribution is 2.46. The molecule has 118 valence electrons. The van der Waals surface area contributed by atoms with E-state index in [1.165, 1.54) is 12.1 Å². The number of hydrogen-bond donors (Lipinski definition) is 2. The summed E-state index contributed by atoms with van der Waals surface area (Å²) in [4.78, 5) is 2.01. The first-order chi connectivity index (χ1) is 9.83. The van der Waals surface area contributed by atoms with E-state index in [2.05, 4.69) is 5.43 Å². The standard InChI is InChI=1S/C15H22F3N3/c1-21(2)14(9-5-6-10-14)13(20-19)11-7-3-4-8-12(11)15(16,17)18/h3-4,7-8,13,20H,5-6,9-10,19H2,1-2H3. The first kappa shape index (κ1) is 16.3. The second-order valence-electron chi connectivity index (χ2n) is 5.89. The van der Waals surface area contributed by atoms with Gasteiger partial charge < -0.3 is 4.90 Å². The summed E-state index contributed by atoms with van der Waals surface area (Å²) in [6.07, 6.45) is -0.699. The van der Waals surface area contributed by atoms with E-state index in [0.29, 0.717) is 0 Å². The fraction of sp³-hybridized carbons (Fsp3) is 0.600. The van der Waals surface area contributed by atoms with Gasteiger partial charge in [-0.3, -0.25) is 11.3 Å². The summed E-state index contributed by atoms with van der Waals surface area (Å²) in [5.74, 6) is 5.68. The topological polar surface area (TPSA) is 41.3 Å². The van der Waals surface area contributed by atoms with Gasteiger partial charge in [0.15, 0.2) is 0 Å². The maximum absolute atomic E-state index is 13.3. The molecule has 0 aromatic heterocycles. The molecule has 1 unspecified atom stereocenters. The van der Waals surface area contributed by atoms with Crippen LogP contribution in [0.2, 0.25) is 0 Å². The molecule has 1 aromatic rings. The second kappa shape index (κ2) is 5.94. The van der Waals surface area contributed by atoms with Crippen LogP contribution in [0.4, 0.5) is 13.2 Å². The first-order valence-corrected chi connectivity index (χ1v) is 7.12. The largest absolute Gasteiger partial charge is 0.416 e. The molecule has 0 aliphatic heterocycles. The Morgan fingerprint density at radius 1 is 1.19 bits per heavy atom. The van der Waals surface area contributed by atoms with Gasteiger partial charge in [-0.25, -0.2) is 0 Å². The van der Waals surface area contributed by atoms with E-state index < -0.39 is 17.8 Å². The van der Waals surface area contributed by atoms with E-state index in [1.807, 2.05) is 19.0 Å². The second-order valence-corrected chi connectivity index (χ2v) is 5.89. The minimum absolute atomic E-state index is 0.225. The highest BCUT2D eigenvalue weighted by Gasteiger charge is 2.46. The van der Waals surface area contributed by atoms with Gasteiger partial charge in [0, 0.05) is 5.54 Å². The summed E-state index contributed by atoms with van der Waals surface area (Å²) < 4.78 is 39.8. The van der Waals surface area contributed by atoms with E-state index in [0.717, 1.165) is 31.7 Å². The lowest BCUT2D eigenvalue weighted by molar-refractivity contribution is -0.138. The van der Waals surface area contributed by atoms with Gasteiger partial charge in [0.2, 0.25) is 0 Å². The van der Waals surface area contributed by atoms with E-state index in [9.17, 15) is 13.2 Å². The molecular formula is C15H22F3N3. The van der Waals surface area contributed by atoms with E-state index in [1.54, 1.807) is 6.07 Å². The Hall–Kier alpha value is -1.11. The number of halogens is 3. The zero-order chi connectivity index (χ0) is 15.7. The van der Waals surface area contributed by atoms with Crippen molar-refractivity contribution >= 4 is 0 Å². The number of hydrazine groups is 1. The zero-order valence-corrected chi connectivity index (χ0v) is 12.4. The molecule has 0 saturated heterocycles. The Balaban J connectivity index is 2.52. The number of likely N-dealkylation sites (N-methyl/N-ethyl adjacent to an activating group) is 1. The monoisotopic (exact) mass is 301 g/mol. The molecule has 1 atom stereocenters. The highest BCUT2D eigenvalue weighted by molar-refractivity contribution is 5.35. The molecule has 1 aliphatic carbocycles. The van der Waals surface area contributed by atoms with Crippen LogP contribution >= 0.6 is 0 Å². The highest BCUT2D eigenvalue weighted by atomic mass is 19.4. The minimum Gasteiger partial charge on any atom is -0.302 e. The van der Waals surface area contributed by atoms with Crippen LogP contribution in [0.3, 0.4) is 0 Å². The van der Waals surface area contributed by atoms with Gasteiger partial charge in [-0.15, -0.1) is 0 Å². The zero-order valence-electron chi connectivity index (χ0n) is 12.4. The van der Waals surface area contributed by atoms with Crippen LogP contribution < -0.4 is 11.3 Å². The maximum Gasteiger partial charge on any atom is 0.416 e. The average molecular weight is 301 g/mol. The summed E-state index contributed by atoms with van der Waals surface area (Å²) in [5.41, 5.74) is 1.89. The molecule has 1 aromatic carbocycles. The minimum atomic E-state index is -4.38. The number of rotatable bonds is 4. The molecule has 3 nitrogen and oxygen atoms in total. The Kier molecular flexibility index (Phi) is 4.60. The van der Waals surface area contributed by atoms with Crippen LogP contribution in [0.5, 0.6) is 0 Å². The number of nitrogens with zero attached hydrogens (tertiary/aromatic N) is 1. The fourth-order valence-electron chi connectivity index (χ4n) is 3.52. The van der Waals surface area contributed by atoms with E-state index in [4.69, 9.17) is 5.84 Å². The quantitative estimate of drug-likeness (QED) is 0.663. The Morgan fingerprint density at radius 3 is 2.24 bits per heavy atom. The van der Waals surface area contributed by atoms with E-state index >= 15 is 0 Å². The molecule has 1 saturated carbocycles. The number of benzene rings is 1. The third kappa shape index (κ3) is 2.93. The molecule has 0 spiro atoms.